The van der Waals surface area contributed by atoms with Gasteiger partial charge in [0.05, 0.1) is 13.0 Å². The van der Waals surface area contributed by atoms with Gasteiger partial charge in [-0.05, 0) is 16.7 Å². The lowest BCUT2D eigenvalue weighted by atomic mass is 9.76. The van der Waals surface area contributed by atoms with E-state index in [2.05, 4.69) is 0 Å². The van der Waals surface area contributed by atoms with Gasteiger partial charge in [0.15, 0.2) is 11.6 Å². The minimum absolute atomic E-state index is 0.367. The van der Waals surface area contributed by atoms with Gasteiger partial charge in [0.1, 0.15) is 5.92 Å². The van der Waals surface area contributed by atoms with E-state index in [-0.39, 0.29) is 0 Å². The number of carbonyl (C=O) groups is 3. The van der Waals surface area contributed by atoms with Gasteiger partial charge < -0.3 is 4.74 Å². The molecular formula is C30H24O4. The maximum atomic E-state index is 13.7. The van der Waals surface area contributed by atoms with Crippen molar-refractivity contribution in [3.8, 4) is 11.1 Å². The van der Waals surface area contributed by atoms with Crippen LogP contribution >= 0.6 is 0 Å². The van der Waals surface area contributed by atoms with Crippen LogP contribution in [0.15, 0.2) is 115 Å². The van der Waals surface area contributed by atoms with Crippen LogP contribution < -0.4 is 0 Å². The van der Waals surface area contributed by atoms with Crippen molar-refractivity contribution < 1.29 is 19.1 Å². The molecule has 0 aliphatic rings. The van der Waals surface area contributed by atoms with E-state index in [0.717, 1.165) is 11.1 Å². The lowest BCUT2D eigenvalue weighted by Gasteiger charge is -2.24. The number of benzene rings is 4. The Hall–Kier alpha value is -4.31. The molecule has 0 radical (unpaired) electrons. The molecule has 4 rings (SSSR count). The zero-order valence-electron chi connectivity index (χ0n) is 18.8. The second kappa shape index (κ2) is 10.5. The molecule has 4 heteroatoms. The van der Waals surface area contributed by atoms with Gasteiger partial charge in [-0.3, -0.25) is 14.4 Å². The molecule has 0 spiro atoms. The van der Waals surface area contributed by atoms with Gasteiger partial charge in [-0.15, -0.1) is 0 Å². The first-order chi connectivity index (χ1) is 16.6. The van der Waals surface area contributed by atoms with Crippen molar-refractivity contribution >= 4 is 17.5 Å². The average Bonchev–Trinajstić information content (AvgIpc) is 2.92. The standard InChI is InChI=1S/C30H24O4/c1-34-30(33)26(23-19-17-22(18-20-23)21-11-5-2-6-12-21)27(28(31)24-13-7-3-8-14-24)29(32)25-15-9-4-10-16-25/h2-20,26-27H,1H3. The van der Waals surface area contributed by atoms with Crippen LogP contribution in [0.5, 0.6) is 0 Å². The Morgan fingerprint density at radius 2 is 0.971 bits per heavy atom. The van der Waals surface area contributed by atoms with Crippen LogP contribution in [0.2, 0.25) is 0 Å². The maximum Gasteiger partial charge on any atom is 0.314 e. The summed E-state index contributed by atoms with van der Waals surface area (Å²) in [7, 11) is 1.27. The Balaban J connectivity index is 1.80. The molecule has 0 heterocycles. The summed E-state index contributed by atoms with van der Waals surface area (Å²) in [6.45, 7) is 0. The van der Waals surface area contributed by atoms with Crippen molar-refractivity contribution in [3.63, 3.8) is 0 Å². The fourth-order valence-electron chi connectivity index (χ4n) is 4.09. The minimum atomic E-state index is -1.26. The molecule has 1 unspecified atom stereocenters. The maximum absolute atomic E-state index is 13.7. The second-order valence-corrected chi connectivity index (χ2v) is 7.93. The van der Waals surface area contributed by atoms with Crippen LogP contribution in [0.4, 0.5) is 0 Å². The molecule has 0 N–H and O–H groups in total. The Kier molecular flexibility index (Phi) is 7.09. The van der Waals surface area contributed by atoms with E-state index >= 15 is 0 Å². The van der Waals surface area contributed by atoms with Crippen molar-refractivity contribution in [1.29, 1.82) is 0 Å². The fraction of sp³-hybridized carbons (Fsp3) is 0.100. The van der Waals surface area contributed by atoms with E-state index in [1.807, 2.05) is 42.5 Å². The summed E-state index contributed by atoms with van der Waals surface area (Å²) < 4.78 is 5.09. The van der Waals surface area contributed by atoms with Crippen LogP contribution in [0, 0.1) is 5.92 Å². The van der Waals surface area contributed by atoms with Crippen molar-refractivity contribution in [2.75, 3.05) is 7.11 Å². The third-order valence-corrected chi connectivity index (χ3v) is 5.85. The molecular weight excluding hydrogens is 424 g/mol. The van der Waals surface area contributed by atoms with Crippen LogP contribution in [-0.2, 0) is 9.53 Å². The summed E-state index contributed by atoms with van der Waals surface area (Å²) in [6.07, 6.45) is 0. The van der Waals surface area contributed by atoms with E-state index in [9.17, 15) is 14.4 Å². The molecule has 168 valence electrons. The molecule has 4 nitrogen and oxygen atoms in total. The molecule has 4 aromatic carbocycles. The normalized spacial score (nSPS) is 11.6. The van der Waals surface area contributed by atoms with Gasteiger partial charge in [0.25, 0.3) is 0 Å². The van der Waals surface area contributed by atoms with E-state index in [1.54, 1.807) is 72.8 Å². The molecule has 34 heavy (non-hydrogen) atoms. The first kappa shape index (κ1) is 22.9. The third kappa shape index (κ3) is 4.86. The van der Waals surface area contributed by atoms with E-state index in [0.29, 0.717) is 16.7 Å². The highest BCUT2D eigenvalue weighted by Gasteiger charge is 2.41. The predicted molar refractivity (Wildman–Crippen MR) is 132 cm³/mol. The zero-order valence-corrected chi connectivity index (χ0v) is 18.8. The van der Waals surface area contributed by atoms with Crippen molar-refractivity contribution in [2.24, 2.45) is 5.92 Å². The molecule has 0 aliphatic carbocycles. The summed E-state index contributed by atoms with van der Waals surface area (Å²) in [5.41, 5.74) is 3.28. The van der Waals surface area contributed by atoms with E-state index in [1.165, 1.54) is 7.11 Å². The van der Waals surface area contributed by atoms with Gasteiger partial charge in [-0.2, -0.15) is 0 Å². The Bertz CT molecular complexity index is 1210. The first-order valence-electron chi connectivity index (χ1n) is 11.0. The Morgan fingerprint density at radius 3 is 1.41 bits per heavy atom. The van der Waals surface area contributed by atoms with Crippen molar-refractivity contribution in [3.05, 3.63) is 132 Å². The number of rotatable bonds is 8. The van der Waals surface area contributed by atoms with E-state index < -0.39 is 29.4 Å². The lowest BCUT2D eigenvalue weighted by molar-refractivity contribution is -0.143. The third-order valence-electron chi connectivity index (χ3n) is 5.85. The molecule has 1 atom stereocenters. The molecule has 0 aromatic heterocycles. The van der Waals surface area contributed by atoms with Crippen LogP contribution in [0.3, 0.4) is 0 Å². The van der Waals surface area contributed by atoms with Crippen LogP contribution in [0.25, 0.3) is 11.1 Å². The van der Waals surface area contributed by atoms with Gasteiger partial charge in [0, 0.05) is 11.1 Å². The topological polar surface area (TPSA) is 60.4 Å². The number of carbonyl (C=O) groups excluding carboxylic acids is 3. The van der Waals surface area contributed by atoms with Crippen LogP contribution in [-0.4, -0.2) is 24.6 Å². The van der Waals surface area contributed by atoms with Gasteiger partial charge >= 0.3 is 5.97 Å². The van der Waals surface area contributed by atoms with Crippen molar-refractivity contribution in [2.45, 2.75) is 5.92 Å². The zero-order chi connectivity index (χ0) is 23.9. The Labute approximate surface area is 198 Å². The fourth-order valence-corrected chi connectivity index (χ4v) is 4.09. The molecule has 0 fully saturated rings. The molecule has 0 saturated heterocycles. The smallest absolute Gasteiger partial charge is 0.314 e. The number of Topliss-reactive ketones (excluding diaryl/α,β-unsaturated/α-hetero) is 2. The monoisotopic (exact) mass is 448 g/mol. The first-order valence-corrected chi connectivity index (χ1v) is 11.0. The summed E-state index contributed by atoms with van der Waals surface area (Å²) in [6, 6.07) is 34.3. The molecule has 4 aromatic rings. The summed E-state index contributed by atoms with van der Waals surface area (Å²) >= 11 is 0. The molecule has 0 bridgehead atoms. The number of ketones is 2. The molecule has 0 saturated carbocycles. The highest BCUT2D eigenvalue weighted by Crippen LogP contribution is 2.33. The minimum Gasteiger partial charge on any atom is -0.469 e. The largest absolute Gasteiger partial charge is 0.469 e. The van der Waals surface area contributed by atoms with Gasteiger partial charge in [-0.25, -0.2) is 0 Å². The average molecular weight is 449 g/mol. The van der Waals surface area contributed by atoms with Crippen LogP contribution in [0.1, 0.15) is 32.2 Å². The van der Waals surface area contributed by atoms with Gasteiger partial charge in [-0.1, -0.05) is 115 Å². The summed E-state index contributed by atoms with van der Waals surface area (Å²) in [5.74, 6) is -3.82. The molecule has 0 amide bonds. The van der Waals surface area contributed by atoms with Crippen molar-refractivity contribution in [1.82, 2.24) is 0 Å². The quantitative estimate of drug-likeness (QED) is 0.189. The molecule has 0 aliphatic heterocycles. The summed E-state index contributed by atoms with van der Waals surface area (Å²) in [4.78, 5) is 40.4. The number of methoxy groups -OCH3 is 1. The summed E-state index contributed by atoms with van der Waals surface area (Å²) in [5, 5.41) is 0. The number of esters is 1. The lowest BCUT2D eigenvalue weighted by Crippen LogP contribution is -2.35. The SMILES string of the molecule is COC(=O)C(c1ccc(-c2ccccc2)cc1)C(C(=O)c1ccccc1)C(=O)c1ccccc1. The second-order valence-electron chi connectivity index (χ2n) is 7.93. The van der Waals surface area contributed by atoms with Gasteiger partial charge in [0.2, 0.25) is 0 Å². The highest BCUT2D eigenvalue weighted by molar-refractivity contribution is 6.18. The predicted octanol–water partition coefficient (Wildman–Crippen LogP) is 5.99. The number of hydrogen-bond acceptors (Lipinski definition) is 4. The number of hydrogen-bond donors (Lipinski definition) is 0. The Morgan fingerprint density at radius 1 is 0.559 bits per heavy atom. The highest BCUT2D eigenvalue weighted by atomic mass is 16.5. The van der Waals surface area contributed by atoms with E-state index in [4.69, 9.17) is 4.74 Å². The number of ether oxygens (including phenoxy) is 1.